The molecule has 7 heteroatoms. The molecule has 0 unspecified atom stereocenters. The normalized spacial score (nSPS) is 16.0. The summed E-state index contributed by atoms with van der Waals surface area (Å²) in [7, 11) is 2.10. The second kappa shape index (κ2) is 7.00. The molecule has 142 valence electrons. The molecule has 4 aromatic rings. The Hall–Kier alpha value is -2.77. The molecule has 1 aliphatic heterocycles. The van der Waals surface area contributed by atoms with Crippen LogP contribution in [0.1, 0.15) is 12.8 Å². The zero-order valence-electron chi connectivity index (χ0n) is 15.6. The van der Waals surface area contributed by atoms with E-state index in [0.717, 1.165) is 57.8 Å². The molecule has 0 radical (unpaired) electrons. The average Bonchev–Trinajstić information content (AvgIpc) is 3.31. The maximum absolute atomic E-state index is 12.7. The van der Waals surface area contributed by atoms with Crippen molar-refractivity contribution in [2.24, 2.45) is 5.92 Å². The Kier molecular flexibility index (Phi) is 4.33. The summed E-state index contributed by atoms with van der Waals surface area (Å²) in [5, 5.41) is 5.27. The van der Waals surface area contributed by atoms with Gasteiger partial charge in [0.25, 0.3) is 0 Å². The van der Waals surface area contributed by atoms with Crippen molar-refractivity contribution >= 4 is 44.1 Å². The summed E-state index contributed by atoms with van der Waals surface area (Å²) in [6.07, 6.45) is 9.23. The third-order valence-electron chi connectivity index (χ3n) is 5.48. The van der Waals surface area contributed by atoms with Gasteiger partial charge in [-0.1, -0.05) is 0 Å². The molecule has 5 heterocycles. The van der Waals surface area contributed by atoms with Crippen molar-refractivity contribution in [2.75, 3.05) is 25.5 Å². The van der Waals surface area contributed by atoms with Crippen LogP contribution in [-0.2, 0) is 4.79 Å². The van der Waals surface area contributed by atoms with Gasteiger partial charge in [0.05, 0.1) is 16.6 Å². The molecule has 1 saturated heterocycles. The minimum absolute atomic E-state index is 0.0766. The Morgan fingerprint density at radius 3 is 2.96 bits per heavy atom. The third kappa shape index (κ3) is 3.16. The number of piperidine rings is 1. The lowest BCUT2D eigenvalue weighted by Gasteiger charge is -2.28. The highest BCUT2D eigenvalue weighted by Gasteiger charge is 2.23. The standard InChI is InChI=1S/C21H21N5OS/c1-26-6-3-13(4-7-26)21(27)25-15-9-16-17(11-24-20(16)23-10-15)18-8-14-2-5-22-12-19(14)28-18/h2,5,8-13H,3-4,6-7H2,1H3,(H,23,24)(H,25,27). The van der Waals surface area contributed by atoms with E-state index in [1.165, 1.54) is 5.39 Å². The number of aromatic nitrogens is 3. The number of anilines is 1. The first kappa shape index (κ1) is 17.3. The first-order valence-electron chi connectivity index (χ1n) is 9.48. The van der Waals surface area contributed by atoms with E-state index < -0.39 is 0 Å². The number of hydrogen-bond donors (Lipinski definition) is 2. The van der Waals surface area contributed by atoms with Crippen LogP contribution in [0.2, 0.25) is 0 Å². The lowest BCUT2D eigenvalue weighted by molar-refractivity contribution is -0.121. The molecule has 1 amide bonds. The first-order chi connectivity index (χ1) is 13.7. The van der Waals surface area contributed by atoms with Gasteiger partial charge in [0.1, 0.15) is 5.65 Å². The average molecular weight is 392 g/mol. The van der Waals surface area contributed by atoms with Crippen LogP contribution in [0.3, 0.4) is 0 Å². The quantitative estimate of drug-likeness (QED) is 0.551. The number of fused-ring (bicyclic) bond motifs is 2. The van der Waals surface area contributed by atoms with Crippen molar-refractivity contribution in [3.8, 4) is 10.4 Å². The summed E-state index contributed by atoms with van der Waals surface area (Å²) in [4.78, 5) is 28.0. The summed E-state index contributed by atoms with van der Waals surface area (Å²) in [6.45, 7) is 1.94. The number of carbonyl (C=O) groups is 1. The van der Waals surface area contributed by atoms with Crippen LogP contribution in [0, 0.1) is 5.92 Å². The molecule has 5 rings (SSSR count). The van der Waals surface area contributed by atoms with E-state index in [1.54, 1.807) is 17.5 Å². The molecule has 0 aliphatic carbocycles. The van der Waals surface area contributed by atoms with Gasteiger partial charge in [-0.25, -0.2) is 4.98 Å². The number of rotatable bonds is 3. The van der Waals surface area contributed by atoms with Gasteiger partial charge in [-0.2, -0.15) is 0 Å². The number of amides is 1. The zero-order chi connectivity index (χ0) is 19.1. The van der Waals surface area contributed by atoms with E-state index in [2.05, 4.69) is 38.3 Å². The Morgan fingerprint density at radius 2 is 2.14 bits per heavy atom. The van der Waals surface area contributed by atoms with Crippen molar-refractivity contribution in [2.45, 2.75) is 12.8 Å². The molecule has 0 spiro atoms. The number of hydrogen-bond acceptors (Lipinski definition) is 5. The van der Waals surface area contributed by atoms with Crippen molar-refractivity contribution in [3.05, 3.63) is 43.0 Å². The van der Waals surface area contributed by atoms with Gasteiger partial charge < -0.3 is 15.2 Å². The monoisotopic (exact) mass is 391 g/mol. The fourth-order valence-corrected chi connectivity index (χ4v) is 4.87. The number of thiophene rings is 1. The van der Waals surface area contributed by atoms with Crippen molar-refractivity contribution < 1.29 is 4.79 Å². The van der Waals surface area contributed by atoms with Crippen molar-refractivity contribution in [1.82, 2.24) is 19.9 Å². The number of H-pyrrole nitrogens is 1. The van der Waals surface area contributed by atoms with Crippen molar-refractivity contribution in [3.63, 3.8) is 0 Å². The molecule has 0 aromatic carbocycles. The maximum atomic E-state index is 12.7. The first-order valence-corrected chi connectivity index (χ1v) is 10.3. The van der Waals surface area contributed by atoms with Gasteiger partial charge in [-0.05, 0) is 56.6 Å². The van der Waals surface area contributed by atoms with E-state index >= 15 is 0 Å². The van der Waals surface area contributed by atoms with E-state index in [-0.39, 0.29) is 11.8 Å². The molecule has 6 nitrogen and oxygen atoms in total. The summed E-state index contributed by atoms with van der Waals surface area (Å²) < 4.78 is 1.16. The summed E-state index contributed by atoms with van der Waals surface area (Å²) in [5.74, 6) is 0.173. The number of pyridine rings is 2. The predicted molar refractivity (Wildman–Crippen MR) is 114 cm³/mol. The maximum Gasteiger partial charge on any atom is 0.227 e. The zero-order valence-corrected chi connectivity index (χ0v) is 16.4. The van der Waals surface area contributed by atoms with Crippen LogP contribution in [0.4, 0.5) is 5.69 Å². The minimum Gasteiger partial charge on any atom is -0.345 e. The number of aromatic amines is 1. The Morgan fingerprint density at radius 1 is 1.29 bits per heavy atom. The summed E-state index contributed by atoms with van der Waals surface area (Å²) >= 11 is 1.71. The Labute approximate surface area is 166 Å². The van der Waals surface area contributed by atoms with E-state index in [9.17, 15) is 4.79 Å². The molecular formula is C21H21N5OS. The van der Waals surface area contributed by atoms with Crippen LogP contribution in [0.15, 0.2) is 43.0 Å². The van der Waals surface area contributed by atoms with E-state index in [4.69, 9.17) is 0 Å². The smallest absolute Gasteiger partial charge is 0.227 e. The molecule has 0 atom stereocenters. The van der Waals surface area contributed by atoms with Crippen LogP contribution < -0.4 is 5.32 Å². The predicted octanol–water partition coefficient (Wildman–Crippen LogP) is 4.12. The Balaban J connectivity index is 1.44. The molecule has 2 N–H and O–H groups in total. The minimum atomic E-state index is 0.0766. The summed E-state index contributed by atoms with van der Waals surface area (Å²) in [5.41, 5.74) is 2.67. The molecular weight excluding hydrogens is 370 g/mol. The lowest BCUT2D eigenvalue weighted by atomic mass is 9.96. The highest BCUT2D eigenvalue weighted by atomic mass is 32.1. The fourth-order valence-electron chi connectivity index (χ4n) is 3.81. The molecule has 1 aliphatic rings. The number of carbonyl (C=O) groups excluding carboxylic acids is 1. The van der Waals surface area contributed by atoms with Crippen molar-refractivity contribution in [1.29, 1.82) is 0 Å². The van der Waals surface area contributed by atoms with Gasteiger partial charge in [0.15, 0.2) is 0 Å². The van der Waals surface area contributed by atoms with Crippen LogP contribution >= 0.6 is 11.3 Å². The largest absolute Gasteiger partial charge is 0.345 e. The molecule has 1 fully saturated rings. The number of likely N-dealkylation sites (tertiary alicyclic amines) is 1. The van der Waals surface area contributed by atoms with Crippen LogP contribution in [0.5, 0.6) is 0 Å². The Bertz CT molecular complexity index is 1120. The lowest BCUT2D eigenvalue weighted by Crippen LogP contribution is -2.35. The van der Waals surface area contributed by atoms with Gasteiger partial charge in [0.2, 0.25) is 5.91 Å². The van der Waals surface area contributed by atoms with E-state index in [1.807, 2.05) is 30.7 Å². The third-order valence-corrected chi connectivity index (χ3v) is 6.60. The topological polar surface area (TPSA) is 73.9 Å². The van der Waals surface area contributed by atoms with Gasteiger partial charge in [-0.15, -0.1) is 11.3 Å². The highest BCUT2D eigenvalue weighted by molar-refractivity contribution is 7.22. The summed E-state index contributed by atoms with van der Waals surface area (Å²) in [6, 6.07) is 6.22. The van der Waals surface area contributed by atoms with Gasteiger partial charge in [0, 0.05) is 40.3 Å². The van der Waals surface area contributed by atoms with Gasteiger partial charge in [-0.3, -0.25) is 9.78 Å². The SMILES string of the molecule is CN1CCC(C(=O)Nc2cnc3[nH]cc(-c4cc5ccncc5s4)c3c2)CC1. The van der Waals surface area contributed by atoms with Crippen LogP contribution in [-0.4, -0.2) is 45.9 Å². The second-order valence-corrected chi connectivity index (χ2v) is 8.50. The number of nitrogens with zero attached hydrogens (tertiary/aromatic N) is 3. The van der Waals surface area contributed by atoms with Gasteiger partial charge >= 0.3 is 0 Å². The second-order valence-electron chi connectivity index (χ2n) is 7.41. The molecule has 0 bridgehead atoms. The highest BCUT2D eigenvalue weighted by Crippen LogP contribution is 2.37. The molecule has 0 saturated carbocycles. The fraction of sp³-hybridized carbons (Fsp3) is 0.286. The number of nitrogens with one attached hydrogen (secondary N) is 2. The van der Waals surface area contributed by atoms with E-state index in [0.29, 0.717) is 0 Å². The molecule has 28 heavy (non-hydrogen) atoms. The van der Waals surface area contributed by atoms with Crippen LogP contribution in [0.25, 0.3) is 31.6 Å². The molecule has 4 aromatic heterocycles.